The summed E-state index contributed by atoms with van der Waals surface area (Å²) >= 11 is 0. The molecule has 0 aliphatic carbocycles. The summed E-state index contributed by atoms with van der Waals surface area (Å²) in [6.07, 6.45) is 0.999. The van der Waals surface area contributed by atoms with Crippen molar-refractivity contribution in [3.63, 3.8) is 0 Å². The first-order chi connectivity index (χ1) is 15.8. The van der Waals surface area contributed by atoms with Crippen molar-refractivity contribution in [2.45, 2.75) is 45.9 Å². The summed E-state index contributed by atoms with van der Waals surface area (Å²) in [7, 11) is 0. The number of rotatable bonds is 4. The van der Waals surface area contributed by atoms with E-state index in [1.807, 2.05) is 19.9 Å². The number of carbonyl (C=O) groups excluding carboxylic acids is 2. The number of aliphatic hydroxyl groups excluding tert-OH is 2. The van der Waals surface area contributed by atoms with Crippen molar-refractivity contribution in [2.24, 2.45) is 5.92 Å². The third-order valence-corrected chi connectivity index (χ3v) is 6.37. The molecule has 1 unspecified atom stereocenters. The van der Waals surface area contributed by atoms with Crippen molar-refractivity contribution in [1.82, 2.24) is 4.90 Å². The van der Waals surface area contributed by atoms with Gasteiger partial charge in [0.25, 0.3) is 5.52 Å². The van der Waals surface area contributed by atoms with Crippen LogP contribution in [0.3, 0.4) is 0 Å². The molecule has 9 heteroatoms. The smallest absolute Gasteiger partial charge is 0.543 e. The molecule has 0 saturated carbocycles. The maximum absolute atomic E-state index is 12.5. The first kappa shape index (κ1) is 26.1. The Morgan fingerprint density at radius 2 is 1.91 bits per heavy atom. The molecule has 3 atom stereocenters. The van der Waals surface area contributed by atoms with Crippen molar-refractivity contribution in [3.05, 3.63) is 59.4 Å². The molecule has 0 spiro atoms. The average molecular weight is 473 g/mol. The zero-order valence-corrected chi connectivity index (χ0v) is 21.6. The molecule has 1 saturated heterocycles. The number of carboxylic acids is 1. The molecule has 1 amide bonds. The van der Waals surface area contributed by atoms with Crippen LogP contribution >= 0.6 is 0 Å². The molecule has 0 radical (unpaired) electrons. The molecule has 3 aromatic rings. The number of aliphatic carboxylic acids is 1. The van der Waals surface area contributed by atoms with Crippen molar-refractivity contribution in [2.75, 3.05) is 0 Å². The van der Waals surface area contributed by atoms with Gasteiger partial charge in [0.1, 0.15) is 0 Å². The van der Waals surface area contributed by atoms with Crippen LogP contribution in [0.1, 0.15) is 38.3 Å². The van der Waals surface area contributed by atoms with Crippen LogP contribution in [0.25, 0.3) is 27.2 Å². The number of β-lactam (4-membered cyclic amide) rings is 1. The van der Waals surface area contributed by atoms with Gasteiger partial charge < -0.3 is 25.0 Å². The Labute approximate surface area is 219 Å². The van der Waals surface area contributed by atoms with Crippen LogP contribution in [0.15, 0.2) is 48.3 Å². The number of hydrogen-bond acceptors (Lipinski definition) is 6. The summed E-state index contributed by atoms with van der Waals surface area (Å²) < 4.78 is 0.996. The summed E-state index contributed by atoms with van der Waals surface area (Å²) in [5.41, 5.74) is 2.14. The van der Waals surface area contributed by atoms with Crippen LogP contribution in [-0.2, 0) is 16.2 Å². The third-order valence-electron chi connectivity index (χ3n) is 6.37. The Morgan fingerprint density at radius 3 is 2.53 bits per heavy atom. The molecular weight excluding hydrogens is 447 g/mol. The van der Waals surface area contributed by atoms with Crippen molar-refractivity contribution >= 4 is 39.1 Å². The second kappa shape index (κ2) is 10.0. The van der Waals surface area contributed by atoms with Gasteiger partial charge in [-0.15, -0.1) is 0 Å². The quantitative estimate of drug-likeness (QED) is 0.134. The molecule has 3 N–H and O–H groups in total. The first-order valence-electron chi connectivity index (χ1n) is 11.0. The zero-order valence-electron chi connectivity index (χ0n) is 19.6. The Hall–Kier alpha value is -2.49. The maximum Gasteiger partial charge on any atom is 1.00 e. The second-order valence-electron chi connectivity index (χ2n) is 8.15. The Balaban J connectivity index is 0.00000105. The molecule has 2 aliphatic rings. The molecule has 2 aliphatic heterocycles. The molecule has 3 heterocycles. The van der Waals surface area contributed by atoms with Gasteiger partial charge in [-0.05, 0) is 48.2 Å². The molecule has 1 fully saturated rings. The minimum Gasteiger partial charge on any atom is -0.543 e. The molecule has 2 aromatic carbocycles. The molecule has 34 heavy (non-hydrogen) atoms. The minimum atomic E-state index is -1.42. The van der Waals surface area contributed by atoms with Gasteiger partial charge in [-0.1, -0.05) is 26.0 Å². The number of nitrogens with zero attached hydrogens (tertiary/aromatic N) is 2. The number of amides is 1. The summed E-state index contributed by atoms with van der Waals surface area (Å²) in [6.45, 7) is 5.37. The largest absolute Gasteiger partial charge is 1.00 e. The summed E-state index contributed by atoms with van der Waals surface area (Å²) in [5.74, 6) is -2.45. The van der Waals surface area contributed by atoms with Crippen molar-refractivity contribution < 1.29 is 64.4 Å². The van der Waals surface area contributed by atoms with Gasteiger partial charge in [-0.2, -0.15) is 0 Å². The van der Waals surface area contributed by atoms with Gasteiger partial charge in [0, 0.05) is 16.2 Å². The van der Waals surface area contributed by atoms with Gasteiger partial charge in [0.05, 0.1) is 47.1 Å². The van der Waals surface area contributed by atoms with Crippen LogP contribution in [0.2, 0.25) is 0 Å². The predicted octanol–water partition coefficient (Wildman–Crippen LogP) is -1.89. The van der Waals surface area contributed by atoms with E-state index in [2.05, 4.69) is 0 Å². The Bertz CT molecular complexity index is 1320. The number of carboxylic acid groups (broad SMARTS) is 1. The van der Waals surface area contributed by atoms with E-state index < -0.39 is 29.9 Å². The van der Waals surface area contributed by atoms with E-state index in [0.29, 0.717) is 28.6 Å². The molecule has 1 aromatic heterocycles. The van der Waals surface area contributed by atoms with Crippen molar-refractivity contribution in [1.29, 1.82) is 0 Å². The zero-order chi connectivity index (χ0) is 24.0. The number of pyridine rings is 1. The maximum atomic E-state index is 12.5. The second-order valence-corrected chi connectivity index (χ2v) is 8.15. The number of aromatic nitrogens is 1. The van der Waals surface area contributed by atoms with Gasteiger partial charge >= 0.3 is 29.6 Å². The number of benzene rings is 2. The van der Waals surface area contributed by atoms with Crippen LogP contribution in [0.4, 0.5) is 0 Å². The average Bonchev–Trinajstić information content (AvgIpc) is 3.15. The minimum absolute atomic E-state index is 0. The molecule has 8 nitrogen and oxygen atoms in total. The first-order valence-corrected chi connectivity index (χ1v) is 11.0. The van der Waals surface area contributed by atoms with Gasteiger partial charge in [0.15, 0.2) is 0 Å². The standard InChI is InChI=1S/C23H20N2O6.C2H6.Na/c1-11(27)20-19-8-17(21(23(29)30)25(19)22(20)28)13-3-4-14-9-24(31)18-6-12(10-26)2-5-15(18)16(14)7-13;1-2;/h2-7,9,11,19-20,26-27H,8,10H2,1H3,(H-,29,30,31);1-2H3;/q;;+1/t11-,19?,20-;;/m1../s1. The fourth-order valence-electron chi connectivity index (χ4n) is 4.90. The molecule has 5 rings (SSSR count). The van der Waals surface area contributed by atoms with E-state index in [4.69, 9.17) is 0 Å². The van der Waals surface area contributed by atoms with E-state index in [-0.39, 0.29) is 41.9 Å². The van der Waals surface area contributed by atoms with E-state index in [1.165, 1.54) is 11.8 Å². The Morgan fingerprint density at radius 1 is 1.21 bits per heavy atom. The van der Waals surface area contributed by atoms with E-state index in [9.17, 15) is 30.1 Å². The van der Waals surface area contributed by atoms with Crippen molar-refractivity contribution in [3.8, 4) is 0 Å². The van der Waals surface area contributed by atoms with Crippen LogP contribution in [-0.4, -0.2) is 44.3 Å². The topological polar surface area (TPSA) is 125 Å². The summed E-state index contributed by atoms with van der Waals surface area (Å²) in [5, 5.41) is 43.8. The molecule has 172 valence electrons. The molecular formula is C25H26N2NaO6+. The number of hydrogen-bond donors (Lipinski definition) is 3. The van der Waals surface area contributed by atoms with E-state index >= 15 is 0 Å². The van der Waals surface area contributed by atoms with E-state index in [0.717, 1.165) is 20.9 Å². The van der Waals surface area contributed by atoms with E-state index in [1.54, 1.807) is 36.5 Å². The number of carbonyl (C=O) groups is 2. The van der Waals surface area contributed by atoms with Gasteiger partial charge in [0.2, 0.25) is 12.1 Å². The van der Waals surface area contributed by atoms with Gasteiger partial charge in [-0.3, -0.25) is 10.0 Å². The van der Waals surface area contributed by atoms with Gasteiger partial charge in [-0.25, -0.2) is 0 Å². The SMILES string of the molecule is CC.C[C@@H](O)[C@H]1C(=O)N2C(C(=O)[O-])=C(c3ccc4c[n+](O)c5cc(CO)ccc5c4c3)CC12.[Na+]. The monoisotopic (exact) mass is 473 g/mol. The van der Waals surface area contributed by atoms with Crippen LogP contribution < -0.4 is 39.4 Å². The fourth-order valence-corrected chi connectivity index (χ4v) is 4.90. The number of fused-ring (bicyclic) bond motifs is 4. The predicted molar refractivity (Wildman–Crippen MR) is 118 cm³/mol. The summed E-state index contributed by atoms with van der Waals surface area (Å²) in [4.78, 5) is 25.6. The number of aliphatic hydroxyl groups is 2. The summed E-state index contributed by atoms with van der Waals surface area (Å²) in [6, 6.07) is 10.2. The van der Waals surface area contributed by atoms with Crippen LogP contribution in [0.5, 0.6) is 0 Å². The fraction of sp³-hybridized carbons (Fsp3) is 0.320. The molecule has 0 bridgehead atoms. The van der Waals surface area contributed by atoms with Crippen LogP contribution in [0, 0.1) is 5.92 Å². The normalized spacial score (nSPS) is 19.8. The Kier molecular flexibility index (Phi) is 7.69. The third kappa shape index (κ3) is 3.99.